The Hall–Kier alpha value is -2.40. The van der Waals surface area contributed by atoms with Crippen molar-refractivity contribution in [3.8, 4) is 11.5 Å². The number of fused-ring (bicyclic) bond motifs is 1. The van der Waals surface area contributed by atoms with Crippen molar-refractivity contribution in [2.45, 2.75) is 71.5 Å². The number of carbonyl (C=O) groups excluding carboxylic acids is 2. The van der Waals surface area contributed by atoms with Gasteiger partial charge in [0.2, 0.25) is 0 Å². The van der Waals surface area contributed by atoms with Crippen LogP contribution in [0.1, 0.15) is 79.7 Å². The van der Waals surface area contributed by atoms with Gasteiger partial charge in [-0.1, -0.05) is 23.3 Å². The first-order valence-electron chi connectivity index (χ1n) is 9.67. The highest BCUT2D eigenvalue weighted by Crippen LogP contribution is 2.43. The minimum absolute atomic E-state index is 0.0833. The highest BCUT2D eigenvalue weighted by molar-refractivity contribution is 5.94. The second-order valence-electron chi connectivity index (χ2n) is 7.99. The maximum Gasteiger partial charge on any atom is 0.154 e. The molecule has 0 aliphatic carbocycles. The normalized spacial score (nSPS) is 21.5. The fourth-order valence-electron chi connectivity index (χ4n) is 3.48. The molecular formula is C23H30O5. The molecule has 28 heavy (non-hydrogen) atoms. The predicted octanol–water partition coefficient (Wildman–Crippen LogP) is 4.54. The number of carbonyl (C=O) groups is 2. The first-order chi connectivity index (χ1) is 13.2. The maximum atomic E-state index is 11.5. The monoisotopic (exact) mass is 386 g/mol. The van der Waals surface area contributed by atoms with E-state index in [1.54, 1.807) is 6.92 Å². The molecule has 0 saturated carbocycles. The van der Waals surface area contributed by atoms with Crippen LogP contribution in [-0.4, -0.2) is 34.5 Å². The molecule has 0 fully saturated rings. The summed E-state index contributed by atoms with van der Waals surface area (Å²) in [6, 6.07) is 1.24. The van der Waals surface area contributed by atoms with Gasteiger partial charge in [0.05, 0.1) is 11.7 Å². The van der Waals surface area contributed by atoms with Crippen LogP contribution >= 0.6 is 0 Å². The standard InChI is InChI=1S/C23H30O5/c1-15(2)7-5-8-16(3)9-6-10-23(4)21(27)12-18-20(26)11-17(13-24)19(14-25)22(18)28-23/h7,9,11,13-14,21,26-27H,5-6,8,10,12H2,1-4H3/b16-9+/t21-,23-/m0/s1. The minimum Gasteiger partial charge on any atom is -0.508 e. The molecule has 5 nitrogen and oxygen atoms in total. The van der Waals surface area contributed by atoms with Gasteiger partial charge in [0.15, 0.2) is 12.6 Å². The summed E-state index contributed by atoms with van der Waals surface area (Å²) in [5.41, 5.74) is 2.25. The van der Waals surface area contributed by atoms with E-state index in [4.69, 9.17) is 4.74 Å². The molecule has 0 saturated heterocycles. The molecule has 1 aromatic rings. The smallest absolute Gasteiger partial charge is 0.154 e. The van der Waals surface area contributed by atoms with Crippen molar-refractivity contribution in [2.75, 3.05) is 0 Å². The number of aliphatic hydroxyl groups excluding tert-OH is 1. The lowest BCUT2D eigenvalue weighted by atomic mass is 9.84. The molecule has 0 unspecified atom stereocenters. The molecule has 0 aromatic heterocycles. The molecule has 0 bridgehead atoms. The third kappa shape index (κ3) is 4.90. The molecule has 1 heterocycles. The van der Waals surface area contributed by atoms with E-state index in [0.29, 0.717) is 24.6 Å². The van der Waals surface area contributed by atoms with Crippen LogP contribution in [0.15, 0.2) is 29.4 Å². The highest BCUT2D eigenvalue weighted by atomic mass is 16.5. The Balaban J connectivity index is 2.17. The molecule has 1 aliphatic rings. The lowest BCUT2D eigenvalue weighted by Crippen LogP contribution is -2.49. The Morgan fingerprint density at radius 3 is 2.54 bits per heavy atom. The lowest BCUT2D eigenvalue weighted by Gasteiger charge is -2.40. The molecule has 2 N–H and O–H groups in total. The van der Waals surface area contributed by atoms with Crippen LogP contribution < -0.4 is 4.74 Å². The zero-order valence-corrected chi connectivity index (χ0v) is 17.1. The Labute approximate surface area is 166 Å². The molecule has 152 valence electrons. The number of aliphatic hydroxyl groups is 1. The fraction of sp³-hybridized carbons (Fsp3) is 0.478. The van der Waals surface area contributed by atoms with Gasteiger partial charge in [-0.2, -0.15) is 0 Å². The summed E-state index contributed by atoms with van der Waals surface area (Å²) in [4.78, 5) is 22.8. The maximum absolute atomic E-state index is 11.5. The molecule has 0 spiro atoms. The number of allylic oxidation sites excluding steroid dienone is 4. The van der Waals surface area contributed by atoms with Crippen LogP contribution in [0.5, 0.6) is 11.5 Å². The summed E-state index contributed by atoms with van der Waals surface area (Å²) in [6.07, 6.45) is 8.05. The van der Waals surface area contributed by atoms with E-state index >= 15 is 0 Å². The summed E-state index contributed by atoms with van der Waals surface area (Å²) < 4.78 is 6.03. The molecule has 1 aliphatic heterocycles. The second-order valence-corrected chi connectivity index (χ2v) is 7.99. The third-order valence-electron chi connectivity index (χ3n) is 5.34. The average molecular weight is 386 g/mol. The van der Waals surface area contributed by atoms with E-state index in [1.165, 1.54) is 17.2 Å². The zero-order chi connectivity index (χ0) is 20.9. The van der Waals surface area contributed by atoms with Crippen molar-refractivity contribution < 1.29 is 24.5 Å². The van der Waals surface area contributed by atoms with E-state index in [1.807, 2.05) is 0 Å². The summed E-state index contributed by atoms with van der Waals surface area (Å²) in [5, 5.41) is 20.8. The van der Waals surface area contributed by atoms with Crippen molar-refractivity contribution in [2.24, 2.45) is 0 Å². The largest absolute Gasteiger partial charge is 0.508 e. The van der Waals surface area contributed by atoms with Crippen LogP contribution in [0.4, 0.5) is 0 Å². The van der Waals surface area contributed by atoms with Gasteiger partial charge in [-0.05, 0) is 59.4 Å². The Bertz CT molecular complexity index is 802. The number of aldehydes is 2. The number of hydrogen-bond donors (Lipinski definition) is 2. The van der Waals surface area contributed by atoms with E-state index in [-0.39, 0.29) is 29.0 Å². The quantitative estimate of drug-likeness (QED) is 0.506. The van der Waals surface area contributed by atoms with Gasteiger partial charge in [-0.3, -0.25) is 9.59 Å². The second kappa shape index (κ2) is 9.20. The number of hydrogen-bond acceptors (Lipinski definition) is 5. The van der Waals surface area contributed by atoms with Gasteiger partial charge in [0.1, 0.15) is 17.1 Å². The Morgan fingerprint density at radius 2 is 1.93 bits per heavy atom. The van der Waals surface area contributed by atoms with E-state index in [2.05, 4.69) is 32.9 Å². The van der Waals surface area contributed by atoms with E-state index in [9.17, 15) is 19.8 Å². The first kappa shape index (κ1) is 21.9. The SMILES string of the molecule is CC(C)=CCC/C(C)=C/CC[C@]1(C)Oc2c(C=O)c(C=O)cc(O)c2C[C@@H]1O. The topological polar surface area (TPSA) is 83.8 Å². The van der Waals surface area contributed by atoms with Crippen molar-refractivity contribution >= 4 is 12.6 Å². The molecule has 0 amide bonds. The van der Waals surface area contributed by atoms with Gasteiger partial charge in [0.25, 0.3) is 0 Å². The average Bonchev–Trinajstić information content (AvgIpc) is 2.63. The molecule has 0 radical (unpaired) electrons. The molecule has 2 rings (SSSR count). The van der Waals surface area contributed by atoms with Gasteiger partial charge < -0.3 is 14.9 Å². The predicted molar refractivity (Wildman–Crippen MR) is 109 cm³/mol. The number of aromatic hydroxyl groups is 1. The summed E-state index contributed by atoms with van der Waals surface area (Å²) in [7, 11) is 0. The third-order valence-corrected chi connectivity index (χ3v) is 5.34. The molecule has 2 atom stereocenters. The van der Waals surface area contributed by atoms with Crippen LogP contribution in [0, 0.1) is 0 Å². The number of benzene rings is 1. The first-order valence-corrected chi connectivity index (χ1v) is 9.67. The Morgan fingerprint density at radius 1 is 1.21 bits per heavy atom. The summed E-state index contributed by atoms with van der Waals surface area (Å²) >= 11 is 0. The number of phenolic OH excluding ortho intramolecular Hbond substituents is 1. The van der Waals surface area contributed by atoms with Crippen LogP contribution in [-0.2, 0) is 6.42 Å². The van der Waals surface area contributed by atoms with Crippen LogP contribution in [0.3, 0.4) is 0 Å². The van der Waals surface area contributed by atoms with Crippen molar-refractivity contribution in [3.63, 3.8) is 0 Å². The van der Waals surface area contributed by atoms with E-state index < -0.39 is 11.7 Å². The number of rotatable bonds is 8. The van der Waals surface area contributed by atoms with Gasteiger partial charge in [-0.25, -0.2) is 0 Å². The number of ether oxygens (including phenoxy) is 1. The van der Waals surface area contributed by atoms with Crippen molar-refractivity contribution in [1.29, 1.82) is 0 Å². The summed E-state index contributed by atoms with van der Waals surface area (Å²) in [6.45, 7) is 8.06. The van der Waals surface area contributed by atoms with Gasteiger partial charge in [0, 0.05) is 17.5 Å². The fourth-order valence-corrected chi connectivity index (χ4v) is 3.48. The molecule has 1 aromatic carbocycles. The highest BCUT2D eigenvalue weighted by Gasteiger charge is 2.41. The Kier molecular flexibility index (Phi) is 7.19. The molecule has 5 heteroatoms. The van der Waals surface area contributed by atoms with Crippen LogP contribution in [0.25, 0.3) is 0 Å². The zero-order valence-electron chi connectivity index (χ0n) is 17.1. The summed E-state index contributed by atoms with van der Waals surface area (Å²) in [5.74, 6) is 0.0629. The minimum atomic E-state index is -0.907. The van der Waals surface area contributed by atoms with E-state index in [0.717, 1.165) is 19.3 Å². The van der Waals surface area contributed by atoms with Crippen molar-refractivity contribution in [1.82, 2.24) is 0 Å². The van der Waals surface area contributed by atoms with Gasteiger partial charge >= 0.3 is 0 Å². The van der Waals surface area contributed by atoms with Gasteiger partial charge in [-0.15, -0.1) is 0 Å². The molecular weight excluding hydrogens is 356 g/mol. The lowest BCUT2D eigenvalue weighted by molar-refractivity contribution is -0.0595. The number of phenols is 1. The van der Waals surface area contributed by atoms with Crippen LogP contribution in [0.2, 0.25) is 0 Å². The van der Waals surface area contributed by atoms with Crippen molar-refractivity contribution in [3.05, 3.63) is 46.1 Å².